The minimum absolute atomic E-state index is 0.230. The Morgan fingerprint density at radius 3 is 2.50 bits per heavy atom. The number of benzene rings is 1. The molecule has 0 atom stereocenters. The fourth-order valence-electron chi connectivity index (χ4n) is 1.77. The van der Waals surface area contributed by atoms with Gasteiger partial charge in [0.05, 0.1) is 0 Å². The molecule has 3 heteroatoms. The van der Waals surface area contributed by atoms with Crippen molar-refractivity contribution < 1.29 is 4.39 Å². The Morgan fingerprint density at radius 2 is 1.88 bits per heavy atom. The Balaban J connectivity index is 2.58. The van der Waals surface area contributed by atoms with Gasteiger partial charge in [0.2, 0.25) is 0 Å². The van der Waals surface area contributed by atoms with Crippen molar-refractivity contribution in [3.63, 3.8) is 0 Å². The number of nitrogens with two attached hydrogens (primary N) is 1. The Kier molecular flexibility index (Phi) is 2.60. The average Bonchev–Trinajstić information content (AvgIpc) is 2.15. The first kappa shape index (κ1) is 10.6. The van der Waals surface area contributed by atoms with E-state index in [9.17, 15) is 4.39 Å². The number of pyridine rings is 1. The summed E-state index contributed by atoms with van der Waals surface area (Å²) < 4.78 is 13.3. The van der Waals surface area contributed by atoms with Gasteiger partial charge in [-0.05, 0) is 48.7 Å². The maximum absolute atomic E-state index is 13.3. The Bertz CT molecular complexity index is 515. The number of nitrogen functional groups attached to an aromatic ring is 1. The van der Waals surface area contributed by atoms with Gasteiger partial charge in [0.25, 0.3) is 0 Å². The van der Waals surface area contributed by atoms with Gasteiger partial charge in [-0.15, -0.1) is 0 Å². The van der Waals surface area contributed by atoms with Gasteiger partial charge < -0.3 is 5.73 Å². The molecule has 1 aromatic carbocycles. The van der Waals surface area contributed by atoms with Crippen LogP contribution in [0.3, 0.4) is 0 Å². The average molecular weight is 216 g/mol. The molecule has 1 aromatic heterocycles. The van der Waals surface area contributed by atoms with Crippen molar-refractivity contribution in [2.24, 2.45) is 0 Å². The predicted octanol–water partition coefficient (Wildman–Crippen LogP) is 3.09. The molecule has 0 saturated carbocycles. The molecule has 0 aliphatic rings. The van der Waals surface area contributed by atoms with Crippen molar-refractivity contribution in [1.29, 1.82) is 0 Å². The number of aromatic nitrogens is 1. The monoisotopic (exact) mass is 216 g/mol. The lowest BCUT2D eigenvalue weighted by molar-refractivity contribution is 0.627. The third-order valence-electron chi connectivity index (χ3n) is 2.49. The summed E-state index contributed by atoms with van der Waals surface area (Å²) in [6.07, 6.45) is 1.68. The molecule has 0 saturated heterocycles. The molecule has 0 unspecified atom stereocenters. The molecule has 0 fully saturated rings. The molecule has 0 radical (unpaired) electrons. The van der Waals surface area contributed by atoms with Gasteiger partial charge >= 0.3 is 0 Å². The number of nitrogens with zero attached hydrogens (tertiary/aromatic N) is 1. The van der Waals surface area contributed by atoms with Crippen molar-refractivity contribution in [1.82, 2.24) is 4.98 Å². The van der Waals surface area contributed by atoms with Gasteiger partial charge in [0, 0.05) is 11.8 Å². The summed E-state index contributed by atoms with van der Waals surface area (Å²) >= 11 is 0. The second kappa shape index (κ2) is 3.93. The normalized spacial score (nSPS) is 10.4. The zero-order valence-corrected chi connectivity index (χ0v) is 9.29. The van der Waals surface area contributed by atoms with E-state index in [1.807, 2.05) is 19.9 Å². The zero-order chi connectivity index (χ0) is 11.7. The molecule has 2 N–H and O–H groups in total. The Morgan fingerprint density at radius 1 is 1.12 bits per heavy atom. The Labute approximate surface area is 93.9 Å². The summed E-state index contributed by atoms with van der Waals surface area (Å²) in [5.41, 5.74) is 9.22. The van der Waals surface area contributed by atoms with Gasteiger partial charge in [0.15, 0.2) is 0 Å². The standard InChI is InChI=1S/C13H13FN2/c1-8-3-10(6-11(14)4-8)12-7-16-13(15)5-9(12)2/h3-7H,1-2H3,(H2,15,16). The van der Waals surface area contributed by atoms with Crippen molar-refractivity contribution in [3.05, 3.63) is 47.4 Å². The highest BCUT2D eigenvalue weighted by Gasteiger charge is 2.05. The summed E-state index contributed by atoms with van der Waals surface area (Å²) in [6, 6.07) is 6.73. The molecule has 82 valence electrons. The molecular weight excluding hydrogens is 203 g/mol. The Hall–Kier alpha value is -1.90. The molecule has 0 amide bonds. The molecule has 0 aliphatic carbocycles. The summed E-state index contributed by atoms with van der Waals surface area (Å²) in [5.74, 6) is 0.251. The zero-order valence-electron chi connectivity index (χ0n) is 9.29. The lowest BCUT2D eigenvalue weighted by Gasteiger charge is -2.07. The van der Waals surface area contributed by atoms with E-state index in [0.29, 0.717) is 5.82 Å². The predicted molar refractivity (Wildman–Crippen MR) is 63.5 cm³/mol. The summed E-state index contributed by atoms with van der Waals surface area (Å²) in [4.78, 5) is 4.03. The van der Waals surface area contributed by atoms with Crippen molar-refractivity contribution >= 4 is 5.82 Å². The van der Waals surface area contributed by atoms with Crippen LogP contribution in [-0.2, 0) is 0 Å². The smallest absolute Gasteiger partial charge is 0.124 e. The van der Waals surface area contributed by atoms with E-state index >= 15 is 0 Å². The highest BCUT2D eigenvalue weighted by atomic mass is 19.1. The first-order chi connectivity index (χ1) is 7.56. The molecule has 2 nitrogen and oxygen atoms in total. The molecule has 16 heavy (non-hydrogen) atoms. The first-order valence-corrected chi connectivity index (χ1v) is 5.06. The van der Waals surface area contributed by atoms with Crippen LogP contribution in [0.2, 0.25) is 0 Å². The van der Waals surface area contributed by atoms with Crippen LogP contribution in [0.15, 0.2) is 30.5 Å². The van der Waals surface area contributed by atoms with E-state index in [2.05, 4.69) is 4.98 Å². The van der Waals surface area contributed by atoms with Gasteiger partial charge in [-0.25, -0.2) is 9.37 Å². The van der Waals surface area contributed by atoms with Crippen LogP contribution in [0, 0.1) is 19.7 Å². The van der Waals surface area contributed by atoms with E-state index in [-0.39, 0.29) is 5.82 Å². The first-order valence-electron chi connectivity index (χ1n) is 5.06. The van der Waals surface area contributed by atoms with Gasteiger partial charge in [-0.1, -0.05) is 6.07 Å². The van der Waals surface area contributed by atoms with E-state index in [4.69, 9.17) is 5.73 Å². The number of hydrogen-bond donors (Lipinski definition) is 1. The van der Waals surface area contributed by atoms with E-state index < -0.39 is 0 Å². The van der Waals surface area contributed by atoms with Crippen LogP contribution in [0.5, 0.6) is 0 Å². The quantitative estimate of drug-likeness (QED) is 0.795. The van der Waals surface area contributed by atoms with E-state index in [1.165, 1.54) is 12.1 Å². The van der Waals surface area contributed by atoms with E-state index in [0.717, 1.165) is 22.3 Å². The fraction of sp³-hybridized carbons (Fsp3) is 0.154. The molecular formula is C13H13FN2. The molecule has 0 spiro atoms. The van der Waals surface area contributed by atoms with E-state index in [1.54, 1.807) is 12.3 Å². The van der Waals surface area contributed by atoms with Gasteiger partial charge in [0.1, 0.15) is 11.6 Å². The van der Waals surface area contributed by atoms with Gasteiger partial charge in [-0.2, -0.15) is 0 Å². The second-order valence-electron chi connectivity index (χ2n) is 3.94. The third kappa shape index (κ3) is 2.03. The van der Waals surface area contributed by atoms with Crippen molar-refractivity contribution in [2.45, 2.75) is 13.8 Å². The number of halogens is 1. The summed E-state index contributed by atoms with van der Waals surface area (Å²) in [7, 11) is 0. The minimum Gasteiger partial charge on any atom is -0.384 e. The van der Waals surface area contributed by atoms with Crippen molar-refractivity contribution in [3.8, 4) is 11.1 Å². The largest absolute Gasteiger partial charge is 0.384 e. The topological polar surface area (TPSA) is 38.9 Å². The fourth-order valence-corrected chi connectivity index (χ4v) is 1.77. The van der Waals surface area contributed by atoms with Gasteiger partial charge in [-0.3, -0.25) is 0 Å². The molecule has 0 aliphatic heterocycles. The number of hydrogen-bond acceptors (Lipinski definition) is 2. The maximum Gasteiger partial charge on any atom is 0.124 e. The highest BCUT2D eigenvalue weighted by molar-refractivity contribution is 5.68. The lowest BCUT2D eigenvalue weighted by atomic mass is 10.0. The van der Waals surface area contributed by atoms with Crippen molar-refractivity contribution in [2.75, 3.05) is 5.73 Å². The number of aryl methyl sites for hydroxylation is 2. The highest BCUT2D eigenvalue weighted by Crippen LogP contribution is 2.25. The van der Waals surface area contributed by atoms with Crippen LogP contribution in [-0.4, -0.2) is 4.98 Å². The third-order valence-corrected chi connectivity index (χ3v) is 2.49. The molecule has 1 heterocycles. The minimum atomic E-state index is -0.230. The molecule has 2 aromatic rings. The van der Waals surface area contributed by atoms with Crippen LogP contribution >= 0.6 is 0 Å². The maximum atomic E-state index is 13.3. The molecule has 2 rings (SSSR count). The number of anilines is 1. The van der Waals surface area contributed by atoms with Crippen LogP contribution in [0.4, 0.5) is 10.2 Å². The van der Waals surface area contributed by atoms with Crippen LogP contribution < -0.4 is 5.73 Å². The lowest BCUT2D eigenvalue weighted by Crippen LogP contribution is -1.93. The summed E-state index contributed by atoms with van der Waals surface area (Å²) in [6.45, 7) is 3.81. The molecule has 0 bridgehead atoms. The second-order valence-corrected chi connectivity index (χ2v) is 3.94. The summed E-state index contributed by atoms with van der Waals surface area (Å²) in [5, 5.41) is 0. The number of rotatable bonds is 1. The van der Waals surface area contributed by atoms with Crippen LogP contribution in [0.25, 0.3) is 11.1 Å². The SMILES string of the molecule is Cc1cc(F)cc(-c2cnc(N)cc2C)c1. The van der Waals surface area contributed by atoms with Crippen LogP contribution in [0.1, 0.15) is 11.1 Å².